The summed E-state index contributed by atoms with van der Waals surface area (Å²) in [5.41, 5.74) is 1.67. The number of nitrogens with zero attached hydrogens (tertiary/aromatic N) is 3. The molecule has 4 rings (SSSR count). The molecule has 0 amide bonds. The second-order valence-electron chi connectivity index (χ2n) is 5.64. The smallest absolute Gasteiger partial charge is 0.213 e. The summed E-state index contributed by atoms with van der Waals surface area (Å²) in [5, 5.41) is 13.9. The molecule has 0 saturated heterocycles. The largest absolute Gasteiger partial charge is 0.338 e. The van der Waals surface area contributed by atoms with Crippen LogP contribution in [0.4, 0.5) is 11.5 Å². The third-order valence-electron chi connectivity index (χ3n) is 3.95. The fourth-order valence-corrected chi connectivity index (χ4v) is 2.80. The molecule has 0 atom stereocenters. The molecule has 0 bridgehead atoms. The number of carbonyl (C=O) groups excluding carboxylic acids is 1. The van der Waals surface area contributed by atoms with Crippen LogP contribution in [0.1, 0.15) is 16.1 Å². The molecular weight excluding hydrogens is 348 g/mol. The number of benzene rings is 2. The van der Waals surface area contributed by atoms with Gasteiger partial charge in [-0.15, -0.1) is 10.2 Å². The Balaban J connectivity index is 1.78. The van der Waals surface area contributed by atoms with Crippen LogP contribution in [0.3, 0.4) is 0 Å². The summed E-state index contributed by atoms with van der Waals surface area (Å²) in [6.07, 6.45) is 3.17. The number of rotatable bonds is 4. The van der Waals surface area contributed by atoms with E-state index in [9.17, 15) is 4.79 Å². The summed E-state index contributed by atoms with van der Waals surface area (Å²) in [4.78, 5) is 16.7. The first-order chi connectivity index (χ1) is 12.7. The number of ketones is 1. The van der Waals surface area contributed by atoms with Gasteiger partial charge in [0.2, 0.25) is 5.78 Å². The zero-order chi connectivity index (χ0) is 17.9. The summed E-state index contributed by atoms with van der Waals surface area (Å²) < 4.78 is 0. The lowest BCUT2D eigenvalue weighted by molar-refractivity contribution is 0.103. The van der Waals surface area contributed by atoms with E-state index in [2.05, 4.69) is 20.5 Å². The molecule has 0 aliphatic carbocycles. The fraction of sp³-hybridized carbons (Fsp3) is 0. The van der Waals surface area contributed by atoms with Crippen LogP contribution in [0.25, 0.3) is 10.8 Å². The van der Waals surface area contributed by atoms with E-state index in [1.807, 2.05) is 36.4 Å². The molecule has 2 heterocycles. The minimum atomic E-state index is -0.186. The molecule has 1 N–H and O–H groups in total. The molecule has 4 aromatic rings. The van der Waals surface area contributed by atoms with Gasteiger partial charge in [-0.1, -0.05) is 35.9 Å². The third-order valence-corrected chi connectivity index (χ3v) is 4.20. The lowest BCUT2D eigenvalue weighted by Crippen LogP contribution is -2.08. The zero-order valence-electron chi connectivity index (χ0n) is 13.6. The number of nitrogens with one attached hydrogen (secondary N) is 1. The number of fused-ring (bicyclic) bond motifs is 1. The SMILES string of the molecule is O=C(c1ccncc1)c1nnc(Nc2ccc(Cl)cc2)c2ccccc12. The predicted molar refractivity (Wildman–Crippen MR) is 102 cm³/mol. The number of hydrogen-bond donors (Lipinski definition) is 1. The number of halogens is 1. The zero-order valence-corrected chi connectivity index (χ0v) is 14.3. The van der Waals surface area contributed by atoms with E-state index in [1.165, 1.54) is 0 Å². The number of hydrogen-bond acceptors (Lipinski definition) is 5. The number of carbonyl (C=O) groups is 1. The van der Waals surface area contributed by atoms with Gasteiger partial charge in [0.05, 0.1) is 0 Å². The van der Waals surface area contributed by atoms with Gasteiger partial charge in [-0.25, -0.2) is 0 Å². The average Bonchev–Trinajstić information content (AvgIpc) is 2.70. The summed E-state index contributed by atoms with van der Waals surface area (Å²) in [6, 6.07) is 18.2. The Morgan fingerprint density at radius 1 is 0.846 bits per heavy atom. The van der Waals surface area contributed by atoms with E-state index in [0.717, 1.165) is 16.5 Å². The molecule has 2 aromatic heterocycles. The predicted octanol–water partition coefficient (Wildman–Crippen LogP) is 4.65. The van der Waals surface area contributed by atoms with Crippen LogP contribution >= 0.6 is 11.6 Å². The Morgan fingerprint density at radius 2 is 1.54 bits per heavy atom. The van der Waals surface area contributed by atoms with Gasteiger partial charge < -0.3 is 5.32 Å². The minimum Gasteiger partial charge on any atom is -0.338 e. The lowest BCUT2D eigenvalue weighted by Gasteiger charge is -2.10. The molecular formula is C20H13ClN4O. The van der Waals surface area contributed by atoms with E-state index in [-0.39, 0.29) is 5.78 Å². The monoisotopic (exact) mass is 360 g/mol. The highest BCUT2D eigenvalue weighted by atomic mass is 35.5. The Kier molecular flexibility index (Phi) is 4.29. The van der Waals surface area contributed by atoms with Crippen molar-refractivity contribution in [3.8, 4) is 0 Å². The number of aromatic nitrogens is 3. The average molecular weight is 361 g/mol. The standard InChI is InChI=1S/C20H13ClN4O/c21-14-5-7-15(8-6-14)23-20-17-4-2-1-3-16(17)18(24-25-20)19(26)13-9-11-22-12-10-13/h1-12H,(H,23,25). The van der Waals surface area contributed by atoms with Crippen molar-refractivity contribution >= 4 is 39.7 Å². The highest BCUT2D eigenvalue weighted by molar-refractivity contribution is 6.30. The molecule has 5 nitrogen and oxygen atoms in total. The van der Waals surface area contributed by atoms with Gasteiger partial charge in [-0.2, -0.15) is 0 Å². The molecule has 2 aromatic carbocycles. The normalized spacial score (nSPS) is 10.7. The van der Waals surface area contributed by atoms with Crippen LogP contribution in [-0.4, -0.2) is 21.0 Å². The first-order valence-electron chi connectivity index (χ1n) is 7.95. The number of pyridine rings is 1. The van der Waals surface area contributed by atoms with Gasteiger partial charge in [-0.05, 0) is 36.4 Å². The van der Waals surface area contributed by atoms with Gasteiger partial charge in [0.25, 0.3) is 0 Å². The van der Waals surface area contributed by atoms with Crippen LogP contribution in [0.15, 0.2) is 73.1 Å². The Bertz CT molecular complexity index is 1080. The first-order valence-corrected chi connectivity index (χ1v) is 8.33. The summed E-state index contributed by atoms with van der Waals surface area (Å²) in [7, 11) is 0. The Hall–Kier alpha value is -3.31. The van der Waals surface area contributed by atoms with Crippen molar-refractivity contribution in [2.45, 2.75) is 0 Å². The van der Waals surface area contributed by atoms with Crippen LogP contribution < -0.4 is 5.32 Å². The minimum absolute atomic E-state index is 0.186. The lowest BCUT2D eigenvalue weighted by atomic mass is 10.0. The highest BCUT2D eigenvalue weighted by Gasteiger charge is 2.17. The van der Waals surface area contributed by atoms with E-state index in [0.29, 0.717) is 22.1 Å². The van der Waals surface area contributed by atoms with Gasteiger partial charge in [0.1, 0.15) is 5.69 Å². The molecule has 0 spiro atoms. The summed E-state index contributed by atoms with van der Waals surface area (Å²) in [5.74, 6) is 0.392. The summed E-state index contributed by atoms with van der Waals surface area (Å²) >= 11 is 5.93. The number of anilines is 2. The van der Waals surface area contributed by atoms with Crippen LogP contribution in [-0.2, 0) is 0 Å². The van der Waals surface area contributed by atoms with Crippen molar-refractivity contribution in [2.24, 2.45) is 0 Å². The van der Waals surface area contributed by atoms with Gasteiger partial charge in [-0.3, -0.25) is 9.78 Å². The van der Waals surface area contributed by atoms with Crippen molar-refractivity contribution in [2.75, 3.05) is 5.32 Å². The van der Waals surface area contributed by atoms with Crippen LogP contribution in [0, 0.1) is 0 Å². The highest BCUT2D eigenvalue weighted by Crippen LogP contribution is 2.27. The summed E-state index contributed by atoms with van der Waals surface area (Å²) in [6.45, 7) is 0. The molecule has 0 saturated carbocycles. The second kappa shape index (κ2) is 6.90. The van der Waals surface area contributed by atoms with E-state index in [4.69, 9.17) is 11.6 Å². The quantitative estimate of drug-likeness (QED) is 0.536. The molecule has 0 aliphatic rings. The Morgan fingerprint density at radius 3 is 2.27 bits per heavy atom. The van der Waals surface area contributed by atoms with E-state index < -0.39 is 0 Å². The molecule has 0 aliphatic heterocycles. The van der Waals surface area contributed by atoms with Crippen molar-refractivity contribution in [3.63, 3.8) is 0 Å². The molecule has 26 heavy (non-hydrogen) atoms. The maximum Gasteiger partial charge on any atom is 0.213 e. The van der Waals surface area contributed by atoms with Crippen LogP contribution in [0.2, 0.25) is 5.02 Å². The second-order valence-corrected chi connectivity index (χ2v) is 6.08. The van der Waals surface area contributed by atoms with Crippen molar-refractivity contribution in [1.82, 2.24) is 15.2 Å². The topological polar surface area (TPSA) is 67.8 Å². The maximum atomic E-state index is 12.8. The van der Waals surface area contributed by atoms with E-state index in [1.54, 1.807) is 36.7 Å². The van der Waals surface area contributed by atoms with Gasteiger partial charge in [0.15, 0.2) is 5.82 Å². The van der Waals surface area contributed by atoms with Gasteiger partial charge >= 0.3 is 0 Å². The maximum absolute atomic E-state index is 12.8. The van der Waals surface area contributed by atoms with Gasteiger partial charge in [0, 0.05) is 39.4 Å². The molecule has 0 fully saturated rings. The van der Waals surface area contributed by atoms with Crippen molar-refractivity contribution < 1.29 is 4.79 Å². The van der Waals surface area contributed by atoms with Crippen molar-refractivity contribution in [3.05, 3.63) is 89.3 Å². The Labute approximate surface area is 154 Å². The van der Waals surface area contributed by atoms with Crippen LogP contribution in [0.5, 0.6) is 0 Å². The third kappa shape index (κ3) is 3.12. The fourth-order valence-electron chi connectivity index (χ4n) is 2.67. The molecule has 6 heteroatoms. The first kappa shape index (κ1) is 16.2. The molecule has 126 valence electrons. The van der Waals surface area contributed by atoms with Crippen molar-refractivity contribution in [1.29, 1.82) is 0 Å². The molecule has 0 radical (unpaired) electrons. The molecule has 0 unspecified atom stereocenters. The van der Waals surface area contributed by atoms with E-state index >= 15 is 0 Å².